The number of hydrogen-bond donors (Lipinski definition) is 1. The Morgan fingerprint density at radius 2 is 1.78 bits per heavy atom. The minimum atomic E-state index is -0.468. The first-order valence-corrected chi connectivity index (χ1v) is 10.3. The number of nitrogens with one attached hydrogen (secondary N) is 1. The monoisotopic (exact) mass is 374 g/mol. The largest absolute Gasteiger partial charge is 0.351 e. The molecule has 1 amide bonds. The predicted octanol–water partition coefficient (Wildman–Crippen LogP) is 2.90. The molecular weight excluding hydrogens is 344 g/mol. The summed E-state index contributed by atoms with van der Waals surface area (Å²) in [6, 6.07) is 2.19. The third-order valence-electron chi connectivity index (χ3n) is 5.89. The zero-order valence-electron chi connectivity index (χ0n) is 16.2. The first-order chi connectivity index (χ1) is 13.1. The van der Waals surface area contributed by atoms with E-state index in [1.165, 1.54) is 25.7 Å². The Kier molecular flexibility index (Phi) is 5.59. The second-order valence-corrected chi connectivity index (χ2v) is 7.95. The lowest BCUT2D eigenvalue weighted by Crippen LogP contribution is -2.47. The molecule has 3 aliphatic rings. The summed E-state index contributed by atoms with van der Waals surface area (Å²) in [5, 5.41) is 3.47. The number of carbonyl (C=O) groups excluding carboxylic acids is 1. The number of amides is 1. The van der Waals surface area contributed by atoms with Crippen molar-refractivity contribution in [1.82, 2.24) is 14.9 Å². The molecule has 7 heteroatoms. The van der Waals surface area contributed by atoms with Gasteiger partial charge in [-0.2, -0.15) is 0 Å². The highest BCUT2D eigenvalue weighted by Crippen LogP contribution is 2.31. The van der Waals surface area contributed by atoms with Gasteiger partial charge in [-0.15, -0.1) is 0 Å². The van der Waals surface area contributed by atoms with Crippen LogP contribution in [0.3, 0.4) is 0 Å². The molecule has 0 aromatic carbocycles. The molecule has 0 radical (unpaired) electrons. The molecule has 0 unspecified atom stereocenters. The fourth-order valence-corrected chi connectivity index (χ4v) is 4.35. The number of nitrogens with zero attached hydrogens (tertiary/aromatic N) is 3. The fraction of sp³-hybridized carbons (Fsp3) is 0.750. The number of aromatic nitrogens is 2. The maximum atomic E-state index is 13.0. The maximum absolute atomic E-state index is 13.0. The van der Waals surface area contributed by atoms with Crippen LogP contribution in [-0.2, 0) is 9.47 Å². The van der Waals surface area contributed by atoms with E-state index in [0.29, 0.717) is 44.0 Å². The van der Waals surface area contributed by atoms with Gasteiger partial charge >= 0.3 is 0 Å². The van der Waals surface area contributed by atoms with Gasteiger partial charge < -0.3 is 19.7 Å². The van der Waals surface area contributed by atoms with Crippen molar-refractivity contribution in [3.63, 3.8) is 0 Å². The molecule has 0 bridgehead atoms. The van der Waals surface area contributed by atoms with Gasteiger partial charge in [-0.05, 0) is 25.8 Å². The zero-order chi connectivity index (χ0) is 18.7. The second-order valence-electron chi connectivity index (χ2n) is 7.95. The normalized spacial score (nSPS) is 23.4. The van der Waals surface area contributed by atoms with E-state index in [0.717, 1.165) is 31.4 Å². The molecule has 1 aromatic heterocycles. The van der Waals surface area contributed by atoms with Gasteiger partial charge in [0.15, 0.2) is 5.79 Å². The highest BCUT2D eigenvalue weighted by atomic mass is 16.7. The molecule has 3 heterocycles. The molecule has 4 rings (SSSR count). The minimum absolute atomic E-state index is 0.0303. The molecule has 3 fully saturated rings. The molecule has 2 aliphatic heterocycles. The average Bonchev–Trinajstić information content (AvgIpc) is 2.96. The summed E-state index contributed by atoms with van der Waals surface area (Å²) in [4.78, 5) is 23.9. The van der Waals surface area contributed by atoms with Crippen LogP contribution < -0.4 is 5.32 Å². The van der Waals surface area contributed by atoms with Crippen molar-refractivity contribution < 1.29 is 14.3 Å². The Hall–Kier alpha value is -1.73. The Morgan fingerprint density at radius 1 is 1.11 bits per heavy atom. The van der Waals surface area contributed by atoms with Crippen molar-refractivity contribution in [2.45, 2.75) is 70.1 Å². The van der Waals surface area contributed by atoms with Crippen molar-refractivity contribution in [2.75, 3.05) is 31.6 Å². The molecule has 1 N–H and O–H groups in total. The standard InChI is InChI=1S/C20H30N4O3/c1-15-14-17(23-19(21-15)22-16-6-4-2-3-5-7-16)18(25)24-10-8-20(9-11-24)26-12-13-27-20/h14,16H,2-13H2,1H3,(H,21,22,23). The number of ether oxygens (including phenoxy) is 2. The third kappa shape index (κ3) is 4.41. The summed E-state index contributed by atoms with van der Waals surface area (Å²) < 4.78 is 11.5. The lowest BCUT2D eigenvalue weighted by Gasteiger charge is -2.37. The van der Waals surface area contributed by atoms with Gasteiger partial charge in [0, 0.05) is 37.7 Å². The van der Waals surface area contributed by atoms with Crippen molar-refractivity contribution in [1.29, 1.82) is 0 Å². The van der Waals surface area contributed by atoms with Gasteiger partial charge in [-0.1, -0.05) is 25.7 Å². The lowest BCUT2D eigenvalue weighted by molar-refractivity contribution is -0.181. The van der Waals surface area contributed by atoms with Gasteiger partial charge in [0.2, 0.25) is 5.95 Å². The predicted molar refractivity (Wildman–Crippen MR) is 102 cm³/mol. The second kappa shape index (κ2) is 8.10. The van der Waals surface area contributed by atoms with E-state index in [-0.39, 0.29) is 5.91 Å². The van der Waals surface area contributed by atoms with Gasteiger partial charge in [-0.3, -0.25) is 4.79 Å². The van der Waals surface area contributed by atoms with Crippen LogP contribution in [0.1, 0.15) is 67.5 Å². The highest BCUT2D eigenvalue weighted by Gasteiger charge is 2.41. The van der Waals surface area contributed by atoms with Crippen molar-refractivity contribution in [2.24, 2.45) is 0 Å². The summed E-state index contributed by atoms with van der Waals surface area (Å²) in [6.07, 6.45) is 8.83. The van der Waals surface area contributed by atoms with Crippen LogP contribution in [0.2, 0.25) is 0 Å². The quantitative estimate of drug-likeness (QED) is 0.820. The summed E-state index contributed by atoms with van der Waals surface area (Å²) in [7, 11) is 0. The molecule has 1 aromatic rings. The number of likely N-dealkylation sites (tertiary alicyclic amines) is 1. The Morgan fingerprint density at radius 3 is 2.44 bits per heavy atom. The molecular formula is C20H30N4O3. The molecule has 2 saturated heterocycles. The van der Waals surface area contributed by atoms with E-state index in [9.17, 15) is 4.79 Å². The van der Waals surface area contributed by atoms with E-state index in [1.54, 1.807) is 6.07 Å². The molecule has 0 atom stereocenters. The lowest BCUT2D eigenvalue weighted by atomic mass is 10.0. The van der Waals surface area contributed by atoms with E-state index < -0.39 is 5.79 Å². The van der Waals surface area contributed by atoms with Crippen LogP contribution in [0.5, 0.6) is 0 Å². The Labute approximate surface area is 160 Å². The van der Waals surface area contributed by atoms with E-state index >= 15 is 0 Å². The number of anilines is 1. The Balaban J connectivity index is 1.42. The fourth-order valence-electron chi connectivity index (χ4n) is 4.35. The van der Waals surface area contributed by atoms with Crippen molar-refractivity contribution >= 4 is 11.9 Å². The summed E-state index contributed by atoms with van der Waals surface area (Å²) in [5.74, 6) is 0.0864. The number of piperidine rings is 1. The minimum Gasteiger partial charge on any atom is -0.351 e. The average molecular weight is 374 g/mol. The Bertz CT molecular complexity index is 657. The van der Waals surface area contributed by atoms with Crippen molar-refractivity contribution in [3.05, 3.63) is 17.5 Å². The number of aryl methyl sites for hydroxylation is 1. The molecule has 1 aliphatic carbocycles. The van der Waals surface area contributed by atoms with Crippen molar-refractivity contribution in [3.8, 4) is 0 Å². The van der Waals surface area contributed by atoms with Gasteiger partial charge in [0.05, 0.1) is 13.2 Å². The molecule has 148 valence electrons. The SMILES string of the molecule is Cc1cc(C(=O)N2CCC3(CC2)OCCO3)nc(NC2CCCCCC2)n1. The van der Waals surface area contributed by atoms with E-state index in [1.807, 2.05) is 11.8 Å². The van der Waals surface area contributed by atoms with Gasteiger partial charge in [-0.25, -0.2) is 9.97 Å². The van der Waals surface area contributed by atoms with Crippen LogP contribution >= 0.6 is 0 Å². The highest BCUT2D eigenvalue weighted by molar-refractivity contribution is 5.92. The molecule has 27 heavy (non-hydrogen) atoms. The first kappa shape index (κ1) is 18.6. The summed E-state index contributed by atoms with van der Waals surface area (Å²) in [5.41, 5.74) is 1.29. The first-order valence-electron chi connectivity index (χ1n) is 10.3. The number of rotatable bonds is 3. The van der Waals surface area contributed by atoms with Gasteiger partial charge in [0.1, 0.15) is 5.69 Å². The van der Waals surface area contributed by atoms with Crippen LogP contribution in [0.4, 0.5) is 5.95 Å². The van der Waals surface area contributed by atoms with E-state index in [2.05, 4.69) is 15.3 Å². The number of carbonyl (C=O) groups is 1. The van der Waals surface area contributed by atoms with E-state index in [4.69, 9.17) is 9.47 Å². The summed E-state index contributed by atoms with van der Waals surface area (Å²) in [6.45, 7) is 4.48. The van der Waals surface area contributed by atoms with Crippen LogP contribution in [0, 0.1) is 6.92 Å². The van der Waals surface area contributed by atoms with Crippen LogP contribution in [-0.4, -0.2) is 58.9 Å². The third-order valence-corrected chi connectivity index (χ3v) is 5.89. The van der Waals surface area contributed by atoms with Crippen LogP contribution in [0.25, 0.3) is 0 Å². The molecule has 7 nitrogen and oxygen atoms in total. The van der Waals surface area contributed by atoms with Crippen LogP contribution in [0.15, 0.2) is 6.07 Å². The van der Waals surface area contributed by atoms with Gasteiger partial charge in [0.25, 0.3) is 5.91 Å². The topological polar surface area (TPSA) is 76.6 Å². The molecule has 1 saturated carbocycles. The smallest absolute Gasteiger partial charge is 0.272 e. The summed E-state index contributed by atoms with van der Waals surface area (Å²) >= 11 is 0. The molecule has 1 spiro atoms. The maximum Gasteiger partial charge on any atom is 0.272 e. The number of hydrogen-bond acceptors (Lipinski definition) is 6. The zero-order valence-corrected chi connectivity index (χ0v) is 16.2.